The van der Waals surface area contributed by atoms with E-state index < -0.39 is 15.8 Å². The Kier molecular flexibility index (Phi) is 4.46. The summed E-state index contributed by atoms with van der Waals surface area (Å²) >= 11 is 0. The van der Waals surface area contributed by atoms with Crippen LogP contribution in [0.5, 0.6) is 0 Å². The molecule has 112 valence electrons. The van der Waals surface area contributed by atoms with Gasteiger partial charge in [0, 0.05) is 19.1 Å². The zero-order valence-electron chi connectivity index (χ0n) is 12.1. The molecule has 1 aromatic carbocycles. The third-order valence-corrected chi connectivity index (χ3v) is 6.09. The standard InChI is InChI=1S/C14H21FN2O2S/c1-10-8-12(15)9-11(2)14(10)20(18,19)17-6-4-13(16-3)5-7-17/h8-9,13,16H,4-7H2,1-3H3. The second-order valence-electron chi connectivity index (χ2n) is 5.34. The van der Waals surface area contributed by atoms with Gasteiger partial charge in [0.15, 0.2) is 0 Å². The highest BCUT2D eigenvalue weighted by Gasteiger charge is 2.31. The van der Waals surface area contributed by atoms with Crippen molar-refractivity contribution in [1.29, 1.82) is 0 Å². The van der Waals surface area contributed by atoms with Gasteiger partial charge in [-0.2, -0.15) is 4.31 Å². The van der Waals surface area contributed by atoms with E-state index in [1.54, 1.807) is 13.8 Å². The Balaban J connectivity index is 2.32. The summed E-state index contributed by atoms with van der Waals surface area (Å²) in [5.74, 6) is -0.396. The lowest BCUT2D eigenvalue weighted by molar-refractivity contribution is 0.298. The molecule has 0 spiro atoms. The number of rotatable bonds is 3. The van der Waals surface area contributed by atoms with Crippen molar-refractivity contribution in [1.82, 2.24) is 9.62 Å². The molecule has 2 rings (SSSR count). The van der Waals surface area contributed by atoms with Crippen molar-refractivity contribution in [3.8, 4) is 0 Å². The summed E-state index contributed by atoms with van der Waals surface area (Å²) in [5, 5.41) is 3.17. The quantitative estimate of drug-likeness (QED) is 0.926. The molecule has 0 saturated carbocycles. The van der Waals surface area contributed by atoms with Crippen LogP contribution >= 0.6 is 0 Å². The Labute approximate surface area is 120 Å². The molecule has 1 heterocycles. The molecular formula is C14H21FN2O2S. The van der Waals surface area contributed by atoms with Gasteiger partial charge < -0.3 is 5.32 Å². The van der Waals surface area contributed by atoms with Gasteiger partial charge >= 0.3 is 0 Å². The van der Waals surface area contributed by atoms with E-state index in [1.807, 2.05) is 7.05 Å². The highest BCUT2D eigenvalue weighted by atomic mass is 32.2. The molecule has 0 aliphatic carbocycles. The van der Waals surface area contributed by atoms with Gasteiger partial charge in [0.1, 0.15) is 5.82 Å². The Hall–Kier alpha value is -0.980. The highest BCUT2D eigenvalue weighted by Crippen LogP contribution is 2.27. The number of piperidine rings is 1. The Bertz CT molecular complexity index is 570. The summed E-state index contributed by atoms with van der Waals surface area (Å²) in [6, 6.07) is 2.93. The monoisotopic (exact) mass is 300 g/mol. The van der Waals surface area contributed by atoms with Crippen molar-refractivity contribution < 1.29 is 12.8 Å². The molecule has 0 aromatic heterocycles. The zero-order chi connectivity index (χ0) is 14.9. The van der Waals surface area contributed by atoms with Crippen LogP contribution in [0.2, 0.25) is 0 Å². The molecule has 1 N–H and O–H groups in total. The van der Waals surface area contributed by atoms with Gasteiger partial charge in [-0.15, -0.1) is 0 Å². The molecule has 1 aliphatic heterocycles. The Morgan fingerprint density at radius 3 is 2.15 bits per heavy atom. The average molecular weight is 300 g/mol. The van der Waals surface area contributed by atoms with E-state index in [-0.39, 0.29) is 4.90 Å². The average Bonchev–Trinajstić information content (AvgIpc) is 2.37. The molecule has 1 aliphatic rings. The van der Waals surface area contributed by atoms with Gasteiger partial charge in [-0.25, -0.2) is 12.8 Å². The first-order valence-electron chi connectivity index (χ1n) is 6.80. The topological polar surface area (TPSA) is 49.4 Å². The van der Waals surface area contributed by atoms with Crippen LogP contribution < -0.4 is 5.32 Å². The fourth-order valence-corrected chi connectivity index (χ4v) is 4.70. The maximum Gasteiger partial charge on any atom is 0.243 e. The summed E-state index contributed by atoms with van der Waals surface area (Å²) in [7, 11) is -1.64. The molecule has 1 aromatic rings. The van der Waals surface area contributed by atoms with Crippen LogP contribution in [0.1, 0.15) is 24.0 Å². The molecular weight excluding hydrogens is 279 g/mol. The van der Waals surface area contributed by atoms with Crippen molar-refractivity contribution >= 4 is 10.0 Å². The summed E-state index contributed by atoms with van der Waals surface area (Å²) in [5.41, 5.74) is 0.941. The second kappa shape index (κ2) is 5.79. The normalized spacial score (nSPS) is 18.4. The van der Waals surface area contributed by atoms with Crippen molar-refractivity contribution in [2.75, 3.05) is 20.1 Å². The maximum atomic E-state index is 13.3. The van der Waals surface area contributed by atoms with E-state index in [9.17, 15) is 12.8 Å². The van der Waals surface area contributed by atoms with Crippen molar-refractivity contribution in [2.45, 2.75) is 37.6 Å². The molecule has 0 atom stereocenters. The van der Waals surface area contributed by atoms with Crippen LogP contribution in [0, 0.1) is 19.7 Å². The van der Waals surface area contributed by atoms with Crippen LogP contribution in [0.4, 0.5) is 4.39 Å². The predicted octanol–water partition coefficient (Wildman–Crippen LogP) is 1.82. The fraction of sp³-hybridized carbons (Fsp3) is 0.571. The van der Waals surface area contributed by atoms with E-state index >= 15 is 0 Å². The number of benzene rings is 1. The third-order valence-electron chi connectivity index (χ3n) is 3.89. The molecule has 0 radical (unpaired) electrons. The van der Waals surface area contributed by atoms with Crippen LogP contribution in [0.15, 0.2) is 17.0 Å². The number of halogens is 1. The van der Waals surface area contributed by atoms with Crippen molar-refractivity contribution in [3.63, 3.8) is 0 Å². The summed E-state index contributed by atoms with van der Waals surface area (Å²) in [6.45, 7) is 4.29. The van der Waals surface area contributed by atoms with Crippen LogP contribution in [-0.2, 0) is 10.0 Å². The van der Waals surface area contributed by atoms with Crippen LogP contribution in [-0.4, -0.2) is 38.9 Å². The molecule has 6 heteroatoms. The van der Waals surface area contributed by atoms with E-state index in [2.05, 4.69) is 5.32 Å². The molecule has 1 saturated heterocycles. The zero-order valence-corrected chi connectivity index (χ0v) is 12.9. The minimum absolute atomic E-state index is 0.252. The number of hydrogen-bond acceptors (Lipinski definition) is 3. The third kappa shape index (κ3) is 2.87. The van der Waals surface area contributed by atoms with E-state index in [4.69, 9.17) is 0 Å². The molecule has 1 fully saturated rings. The number of nitrogens with zero attached hydrogens (tertiary/aromatic N) is 1. The number of nitrogens with one attached hydrogen (secondary N) is 1. The molecule has 4 nitrogen and oxygen atoms in total. The first-order chi connectivity index (χ1) is 9.36. The van der Waals surface area contributed by atoms with Gasteiger partial charge in [-0.1, -0.05) is 0 Å². The summed E-state index contributed by atoms with van der Waals surface area (Å²) < 4.78 is 40.3. The summed E-state index contributed by atoms with van der Waals surface area (Å²) in [4.78, 5) is 0.252. The van der Waals surface area contributed by atoms with E-state index in [0.717, 1.165) is 12.8 Å². The molecule has 20 heavy (non-hydrogen) atoms. The Morgan fingerprint density at radius 2 is 1.70 bits per heavy atom. The van der Waals surface area contributed by atoms with Crippen molar-refractivity contribution in [2.24, 2.45) is 0 Å². The van der Waals surface area contributed by atoms with Crippen LogP contribution in [0.25, 0.3) is 0 Å². The fourth-order valence-electron chi connectivity index (χ4n) is 2.82. The van der Waals surface area contributed by atoms with Gasteiger partial charge in [0.2, 0.25) is 10.0 Å². The molecule has 0 unspecified atom stereocenters. The SMILES string of the molecule is CNC1CCN(S(=O)(=O)c2c(C)cc(F)cc2C)CC1. The maximum absolute atomic E-state index is 13.3. The predicted molar refractivity (Wildman–Crippen MR) is 76.7 cm³/mol. The lowest BCUT2D eigenvalue weighted by Gasteiger charge is -2.31. The number of hydrogen-bond donors (Lipinski definition) is 1. The van der Waals surface area contributed by atoms with Gasteiger partial charge in [-0.3, -0.25) is 0 Å². The minimum Gasteiger partial charge on any atom is -0.317 e. The molecule has 0 amide bonds. The Morgan fingerprint density at radius 1 is 1.20 bits per heavy atom. The molecule has 0 bridgehead atoms. The lowest BCUT2D eigenvalue weighted by atomic mass is 10.1. The number of aryl methyl sites for hydroxylation is 2. The first kappa shape index (κ1) is 15.4. The lowest BCUT2D eigenvalue weighted by Crippen LogP contribution is -2.44. The minimum atomic E-state index is -3.53. The highest BCUT2D eigenvalue weighted by molar-refractivity contribution is 7.89. The second-order valence-corrected chi connectivity index (χ2v) is 7.21. The van der Waals surface area contributed by atoms with E-state index in [1.165, 1.54) is 16.4 Å². The van der Waals surface area contributed by atoms with Gasteiger partial charge in [0.25, 0.3) is 0 Å². The number of sulfonamides is 1. The largest absolute Gasteiger partial charge is 0.317 e. The first-order valence-corrected chi connectivity index (χ1v) is 8.24. The van der Waals surface area contributed by atoms with Crippen LogP contribution in [0.3, 0.4) is 0 Å². The van der Waals surface area contributed by atoms with Gasteiger partial charge in [0.05, 0.1) is 4.90 Å². The van der Waals surface area contributed by atoms with E-state index in [0.29, 0.717) is 30.3 Å². The smallest absolute Gasteiger partial charge is 0.243 e. The van der Waals surface area contributed by atoms with Crippen molar-refractivity contribution in [3.05, 3.63) is 29.1 Å². The van der Waals surface area contributed by atoms with Gasteiger partial charge in [-0.05, 0) is 57.0 Å². The summed E-state index contributed by atoms with van der Waals surface area (Å²) in [6.07, 6.45) is 1.60.